The molecule has 7 heteroatoms. The number of anilines is 3. The van der Waals surface area contributed by atoms with Gasteiger partial charge in [0.25, 0.3) is 5.88 Å². The predicted octanol–water partition coefficient (Wildman–Crippen LogP) is 4.32. The molecule has 2 amide bonds. The Hall–Kier alpha value is -2.99. The standard InChI is InChI=1S/C18H15ClN4O2/c1-23-16-15(14(21-18(23)24)11-5-3-2-4-6-11)22-25-17(16)20-13-9-7-12(19)8-10-13/h2-10,14,20H,1H3,(H,21,24). The number of urea groups is 1. The molecule has 0 saturated carbocycles. The Balaban J connectivity index is 1.74. The number of benzene rings is 2. The molecule has 0 fully saturated rings. The molecule has 25 heavy (non-hydrogen) atoms. The van der Waals surface area contributed by atoms with Gasteiger partial charge in [0, 0.05) is 17.8 Å². The molecule has 1 aliphatic heterocycles. The first-order valence-corrected chi connectivity index (χ1v) is 8.12. The van der Waals surface area contributed by atoms with Gasteiger partial charge in [-0.1, -0.05) is 47.1 Å². The summed E-state index contributed by atoms with van der Waals surface area (Å²) in [4.78, 5) is 13.9. The van der Waals surface area contributed by atoms with Crippen molar-refractivity contribution in [2.24, 2.45) is 0 Å². The van der Waals surface area contributed by atoms with Gasteiger partial charge >= 0.3 is 6.03 Å². The van der Waals surface area contributed by atoms with Crippen molar-refractivity contribution >= 4 is 34.9 Å². The fourth-order valence-electron chi connectivity index (χ4n) is 2.83. The van der Waals surface area contributed by atoms with E-state index in [-0.39, 0.29) is 12.1 Å². The summed E-state index contributed by atoms with van der Waals surface area (Å²) < 4.78 is 5.49. The Morgan fingerprint density at radius 3 is 2.60 bits per heavy atom. The summed E-state index contributed by atoms with van der Waals surface area (Å²) in [5, 5.41) is 10.9. The largest absolute Gasteiger partial charge is 0.336 e. The molecular weight excluding hydrogens is 340 g/mol. The minimum absolute atomic E-state index is 0.219. The normalized spacial score (nSPS) is 16.3. The van der Waals surface area contributed by atoms with Gasteiger partial charge in [-0.15, -0.1) is 0 Å². The average molecular weight is 355 g/mol. The maximum Gasteiger partial charge on any atom is 0.322 e. The van der Waals surface area contributed by atoms with E-state index in [0.29, 0.717) is 22.3 Å². The monoisotopic (exact) mass is 354 g/mol. The third-order valence-corrected chi connectivity index (χ3v) is 4.36. The van der Waals surface area contributed by atoms with Crippen LogP contribution in [0.25, 0.3) is 0 Å². The molecule has 0 aliphatic carbocycles. The molecule has 1 aromatic heterocycles. The Bertz CT molecular complexity index is 909. The van der Waals surface area contributed by atoms with Crippen molar-refractivity contribution in [3.05, 3.63) is 70.9 Å². The molecule has 2 aromatic carbocycles. The zero-order valence-corrected chi connectivity index (χ0v) is 14.1. The maximum atomic E-state index is 12.4. The molecule has 1 unspecified atom stereocenters. The minimum atomic E-state index is -0.357. The number of fused-ring (bicyclic) bond motifs is 1. The van der Waals surface area contributed by atoms with Gasteiger partial charge in [-0.2, -0.15) is 0 Å². The number of nitrogens with one attached hydrogen (secondary N) is 2. The van der Waals surface area contributed by atoms with Crippen LogP contribution in [-0.4, -0.2) is 18.2 Å². The third kappa shape index (κ3) is 2.81. The van der Waals surface area contributed by atoms with E-state index in [1.807, 2.05) is 42.5 Å². The molecule has 3 aromatic rings. The minimum Gasteiger partial charge on any atom is -0.336 e. The van der Waals surface area contributed by atoms with Crippen molar-refractivity contribution in [1.82, 2.24) is 10.5 Å². The van der Waals surface area contributed by atoms with Gasteiger partial charge in [-0.05, 0) is 29.8 Å². The molecular formula is C18H15ClN4O2. The first-order valence-electron chi connectivity index (χ1n) is 7.75. The number of hydrogen-bond donors (Lipinski definition) is 2. The fraction of sp³-hybridized carbons (Fsp3) is 0.111. The first kappa shape index (κ1) is 15.5. The van der Waals surface area contributed by atoms with Crippen molar-refractivity contribution in [3.8, 4) is 0 Å². The number of rotatable bonds is 3. The van der Waals surface area contributed by atoms with Crippen LogP contribution in [0, 0.1) is 0 Å². The molecule has 2 heterocycles. The summed E-state index contributed by atoms with van der Waals surface area (Å²) in [5.74, 6) is 0.413. The summed E-state index contributed by atoms with van der Waals surface area (Å²) in [5.41, 5.74) is 3.01. The van der Waals surface area contributed by atoms with E-state index in [2.05, 4.69) is 15.8 Å². The highest BCUT2D eigenvalue weighted by Crippen LogP contribution is 2.40. The number of amides is 2. The Kier molecular flexibility index (Phi) is 3.82. The number of aromatic nitrogens is 1. The second-order valence-electron chi connectivity index (χ2n) is 5.73. The van der Waals surface area contributed by atoms with Gasteiger partial charge in [0.15, 0.2) is 0 Å². The van der Waals surface area contributed by atoms with Crippen LogP contribution in [0.5, 0.6) is 0 Å². The second-order valence-corrected chi connectivity index (χ2v) is 6.17. The molecule has 1 aliphatic rings. The van der Waals surface area contributed by atoms with Crippen LogP contribution in [0.2, 0.25) is 5.02 Å². The van der Waals surface area contributed by atoms with Gasteiger partial charge in [-0.25, -0.2) is 4.79 Å². The highest BCUT2D eigenvalue weighted by atomic mass is 35.5. The van der Waals surface area contributed by atoms with Gasteiger partial charge in [0.05, 0.1) is 0 Å². The van der Waals surface area contributed by atoms with Gasteiger partial charge < -0.3 is 15.2 Å². The zero-order chi connectivity index (χ0) is 17.4. The average Bonchev–Trinajstić information content (AvgIpc) is 3.05. The Morgan fingerprint density at radius 2 is 1.88 bits per heavy atom. The van der Waals surface area contributed by atoms with Gasteiger partial charge in [0.1, 0.15) is 17.4 Å². The molecule has 0 spiro atoms. The highest BCUT2D eigenvalue weighted by Gasteiger charge is 2.36. The topological polar surface area (TPSA) is 70.4 Å². The van der Waals surface area contributed by atoms with E-state index in [9.17, 15) is 4.79 Å². The van der Waals surface area contributed by atoms with E-state index in [0.717, 1.165) is 11.3 Å². The van der Waals surface area contributed by atoms with Crippen LogP contribution in [0.1, 0.15) is 17.3 Å². The second kappa shape index (κ2) is 6.14. The zero-order valence-electron chi connectivity index (χ0n) is 13.4. The van der Waals surface area contributed by atoms with Crippen LogP contribution in [0.4, 0.5) is 22.1 Å². The van der Waals surface area contributed by atoms with Crippen molar-refractivity contribution in [2.75, 3.05) is 17.3 Å². The van der Waals surface area contributed by atoms with Crippen molar-refractivity contribution in [1.29, 1.82) is 0 Å². The van der Waals surface area contributed by atoms with Crippen LogP contribution in [0.3, 0.4) is 0 Å². The molecule has 0 saturated heterocycles. The number of carbonyl (C=O) groups is 1. The lowest BCUT2D eigenvalue weighted by Gasteiger charge is -2.29. The van der Waals surface area contributed by atoms with Gasteiger partial charge in [-0.3, -0.25) is 4.90 Å². The summed E-state index contributed by atoms with van der Waals surface area (Å²) in [6, 6.07) is 16.3. The molecule has 1 atom stereocenters. The van der Waals surface area contributed by atoms with E-state index in [4.69, 9.17) is 16.1 Å². The van der Waals surface area contributed by atoms with Crippen LogP contribution in [0.15, 0.2) is 59.1 Å². The first-order chi connectivity index (χ1) is 12.1. The van der Waals surface area contributed by atoms with Crippen molar-refractivity contribution < 1.29 is 9.32 Å². The lowest BCUT2D eigenvalue weighted by atomic mass is 10.0. The predicted molar refractivity (Wildman–Crippen MR) is 96.5 cm³/mol. The van der Waals surface area contributed by atoms with Crippen molar-refractivity contribution in [2.45, 2.75) is 6.04 Å². The molecule has 126 valence electrons. The quantitative estimate of drug-likeness (QED) is 0.734. The van der Waals surface area contributed by atoms with Crippen LogP contribution >= 0.6 is 11.6 Å². The smallest absolute Gasteiger partial charge is 0.322 e. The van der Waals surface area contributed by atoms with E-state index in [1.165, 1.54) is 4.90 Å². The van der Waals surface area contributed by atoms with Crippen molar-refractivity contribution in [3.63, 3.8) is 0 Å². The maximum absolute atomic E-state index is 12.4. The summed E-state index contributed by atoms with van der Waals surface area (Å²) in [6.07, 6.45) is 0. The summed E-state index contributed by atoms with van der Waals surface area (Å²) in [6.45, 7) is 0. The Morgan fingerprint density at radius 1 is 1.16 bits per heavy atom. The molecule has 2 N–H and O–H groups in total. The molecule has 0 radical (unpaired) electrons. The molecule has 0 bridgehead atoms. The number of hydrogen-bond acceptors (Lipinski definition) is 4. The van der Waals surface area contributed by atoms with Crippen LogP contribution < -0.4 is 15.5 Å². The third-order valence-electron chi connectivity index (χ3n) is 4.11. The highest BCUT2D eigenvalue weighted by molar-refractivity contribution is 6.30. The summed E-state index contributed by atoms with van der Waals surface area (Å²) >= 11 is 5.91. The number of nitrogens with zero attached hydrogens (tertiary/aromatic N) is 2. The van der Waals surface area contributed by atoms with Gasteiger partial charge in [0.2, 0.25) is 0 Å². The number of halogens is 1. The molecule has 4 rings (SSSR count). The van der Waals surface area contributed by atoms with E-state index in [1.54, 1.807) is 19.2 Å². The molecule has 6 nitrogen and oxygen atoms in total. The summed E-state index contributed by atoms with van der Waals surface area (Å²) in [7, 11) is 1.68. The fourth-order valence-corrected chi connectivity index (χ4v) is 2.96. The number of carbonyl (C=O) groups excluding carboxylic acids is 1. The SMILES string of the molecule is CN1C(=O)NC(c2ccccc2)c2noc(Nc3ccc(Cl)cc3)c21. The lowest BCUT2D eigenvalue weighted by Crippen LogP contribution is -2.44. The van der Waals surface area contributed by atoms with E-state index >= 15 is 0 Å². The van der Waals surface area contributed by atoms with E-state index < -0.39 is 0 Å². The lowest BCUT2D eigenvalue weighted by molar-refractivity contribution is 0.243. The van der Waals surface area contributed by atoms with Crippen LogP contribution in [-0.2, 0) is 0 Å². The Labute approximate surface area is 149 Å².